The van der Waals surface area contributed by atoms with Gasteiger partial charge in [0.25, 0.3) is 0 Å². The minimum atomic E-state index is -4.44. The number of halogens is 4. The van der Waals surface area contributed by atoms with Crippen LogP contribution in [0.2, 0.25) is 5.02 Å². The highest BCUT2D eigenvalue weighted by molar-refractivity contribution is 6.31. The van der Waals surface area contributed by atoms with Crippen molar-refractivity contribution < 1.29 is 17.9 Å². The zero-order chi connectivity index (χ0) is 11.5. The number of benzene rings is 1. The molecule has 0 atom stereocenters. The molecule has 1 aromatic carbocycles. The van der Waals surface area contributed by atoms with Crippen LogP contribution < -0.4 is 5.32 Å². The van der Waals surface area contributed by atoms with Gasteiger partial charge in [-0.25, -0.2) is 0 Å². The van der Waals surface area contributed by atoms with Gasteiger partial charge in [0.05, 0.1) is 10.6 Å². The second kappa shape index (κ2) is 4.72. The predicted octanol–water partition coefficient (Wildman–Crippen LogP) is 3.37. The Labute approximate surface area is 90.0 Å². The fourth-order valence-electron chi connectivity index (χ4n) is 1.01. The number of methoxy groups -OCH3 is 1. The number of alkyl halides is 3. The van der Waals surface area contributed by atoms with Crippen LogP contribution in [0.5, 0.6) is 0 Å². The quantitative estimate of drug-likeness (QED) is 0.817. The average Bonchev–Trinajstić information content (AvgIpc) is 2.15. The number of ether oxygens (including phenoxy) is 1. The van der Waals surface area contributed by atoms with Gasteiger partial charge in [0.2, 0.25) is 0 Å². The smallest absolute Gasteiger partial charge is 0.365 e. The first-order valence-electron chi connectivity index (χ1n) is 4.04. The summed E-state index contributed by atoms with van der Waals surface area (Å²) in [5.41, 5.74) is -0.543. The first kappa shape index (κ1) is 12.1. The molecule has 0 saturated carbocycles. The summed E-state index contributed by atoms with van der Waals surface area (Å²) in [6.45, 7) is 0.138. The van der Waals surface area contributed by atoms with Crippen molar-refractivity contribution in [1.82, 2.24) is 0 Å². The molecule has 2 nitrogen and oxygen atoms in total. The van der Waals surface area contributed by atoms with Crippen molar-refractivity contribution in [3.05, 3.63) is 28.8 Å². The summed E-state index contributed by atoms with van der Waals surface area (Å²) >= 11 is 5.44. The second-order valence-corrected chi connectivity index (χ2v) is 3.21. The minimum absolute atomic E-state index is 0.138. The van der Waals surface area contributed by atoms with E-state index in [1.54, 1.807) is 0 Å². The van der Waals surface area contributed by atoms with Crippen LogP contribution in [0.25, 0.3) is 0 Å². The van der Waals surface area contributed by atoms with Crippen LogP contribution in [0.4, 0.5) is 18.9 Å². The maximum Gasteiger partial charge on any atom is 0.417 e. The molecule has 0 aliphatic carbocycles. The normalized spacial score (nSPS) is 11.5. The van der Waals surface area contributed by atoms with Crippen LogP contribution in [0.1, 0.15) is 5.56 Å². The summed E-state index contributed by atoms with van der Waals surface area (Å²) in [6, 6.07) is 3.60. The fraction of sp³-hybridized carbons (Fsp3) is 0.333. The van der Waals surface area contributed by atoms with Crippen molar-refractivity contribution in [2.45, 2.75) is 6.18 Å². The van der Waals surface area contributed by atoms with Crippen LogP contribution in [-0.2, 0) is 10.9 Å². The molecule has 0 radical (unpaired) electrons. The molecule has 15 heavy (non-hydrogen) atoms. The Morgan fingerprint density at radius 1 is 1.40 bits per heavy atom. The molecule has 1 N–H and O–H groups in total. The van der Waals surface area contributed by atoms with Crippen molar-refractivity contribution >= 4 is 17.3 Å². The Bertz CT molecular complexity index is 341. The lowest BCUT2D eigenvalue weighted by Crippen LogP contribution is -2.08. The molecule has 1 rings (SSSR count). The lowest BCUT2D eigenvalue weighted by molar-refractivity contribution is -0.137. The van der Waals surface area contributed by atoms with Crippen molar-refractivity contribution in [1.29, 1.82) is 0 Å². The Kier molecular flexibility index (Phi) is 3.82. The predicted molar refractivity (Wildman–Crippen MR) is 52.0 cm³/mol. The number of rotatable bonds is 3. The SMILES string of the molecule is COCNc1ccc(Cl)c(C(F)(F)F)c1. The Hall–Kier alpha value is -0.940. The van der Waals surface area contributed by atoms with Gasteiger partial charge in [-0.3, -0.25) is 0 Å². The van der Waals surface area contributed by atoms with Crippen molar-refractivity contribution in [3.8, 4) is 0 Å². The highest BCUT2D eigenvalue weighted by Gasteiger charge is 2.33. The van der Waals surface area contributed by atoms with Crippen LogP contribution in [0.15, 0.2) is 18.2 Å². The Balaban J connectivity index is 2.95. The van der Waals surface area contributed by atoms with Gasteiger partial charge in [-0.15, -0.1) is 0 Å². The molecule has 6 heteroatoms. The third kappa shape index (κ3) is 3.28. The zero-order valence-electron chi connectivity index (χ0n) is 7.86. The molecular formula is C9H9ClF3NO. The molecule has 1 aromatic rings. The topological polar surface area (TPSA) is 21.3 Å². The van der Waals surface area contributed by atoms with E-state index in [2.05, 4.69) is 10.1 Å². The standard InChI is InChI=1S/C9H9ClF3NO/c1-15-5-14-6-2-3-8(10)7(4-6)9(11,12)13/h2-4,14H,5H2,1H3. The summed E-state index contributed by atoms with van der Waals surface area (Å²) in [5.74, 6) is 0. The number of hydrogen-bond donors (Lipinski definition) is 1. The monoisotopic (exact) mass is 239 g/mol. The Morgan fingerprint density at radius 2 is 2.07 bits per heavy atom. The van der Waals surface area contributed by atoms with E-state index in [0.717, 1.165) is 6.07 Å². The van der Waals surface area contributed by atoms with Gasteiger partial charge >= 0.3 is 6.18 Å². The van der Waals surface area contributed by atoms with Gasteiger partial charge < -0.3 is 10.1 Å². The Morgan fingerprint density at radius 3 is 2.60 bits per heavy atom. The number of hydrogen-bond acceptors (Lipinski definition) is 2. The molecule has 0 aliphatic rings. The third-order valence-corrected chi connectivity index (χ3v) is 2.02. The van der Waals surface area contributed by atoms with Gasteiger partial charge in [-0.05, 0) is 18.2 Å². The molecule has 0 fully saturated rings. The van der Waals surface area contributed by atoms with Crippen molar-refractivity contribution in [2.75, 3.05) is 19.2 Å². The zero-order valence-corrected chi connectivity index (χ0v) is 8.62. The van der Waals surface area contributed by atoms with Crippen LogP contribution in [-0.4, -0.2) is 13.8 Å². The first-order chi connectivity index (χ1) is 6.95. The van der Waals surface area contributed by atoms with E-state index in [1.165, 1.54) is 19.2 Å². The molecule has 0 saturated heterocycles. The summed E-state index contributed by atoms with van der Waals surface area (Å²) in [7, 11) is 1.44. The van der Waals surface area contributed by atoms with Crippen LogP contribution in [0, 0.1) is 0 Å². The van der Waals surface area contributed by atoms with Gasteiger partial charge in [-0.1, -0.05) is 11.6 Å². The summed E-state index contributed by atoms with van der Waals surface area (Å²) in [5, 5.41) is 2.34. The lowest BCUT2D eigenvalue weighted by atomic mass is 10.2. The molecule has 0 amide bonds. The van der Waals surface area contributed by atoms with E-state index in [0.29, 0.717) is 5.69 Å². The number of nitrogens with one attached hydrogen (secondary N) is 1. The van der Waals surface area contributed by atoms with Gasteiger partial charge in [-0.2, -0.15) is 13.2 Å². The molecule has 0 aliphatic heterocycles. The lowest BCUT2D eigenvalue weighted by Gasteiger charge is -2.11. The van der Waals surface area contributed by atoms with E-state index in [1.807, 2.05) is 0 Å². The number of anilines is 1. The first-order valence-corrected chi connectivity index (χ1v) is 4.42. The molecule has 0 heterocycles. The minimum Gasteiger partial charge on any atom is -0.365 e. The van der Waals surface area contributed by atoms with Crippen LogP contribution in [0.3, 0.4) is 0 Å². The molecule has 0 unspecified atom stereocenters. The van der Waals surface area contributed by atoms with E-state index >= 15 is 0 Å². The highest BCUT2D eigenvalue weighted by atomic mass is 35.5. The molecular weight excluding hydrogens is 231 g/mol. The van der Waals surface area contributed by atoms with E-state index < -0.39 is 11.7 Å². The van der Waals surface area contributed by atoms with E-state index in [4.69, 9.17) is 11.6 Å². The molecule has 0 spiro atoms. The maximum atomic E-state index is 12.4. The van der Waals surface area contributed by atoms with Gasteiger partial charge in [0.1, 0.15) is 6.73 Å². The fourth-order valence-corrected chi connectivity index (χ4v) is 1.23. The summed E-state index contributed by atoms with van der Waals surface area (Å²) in [4.78, 5) is 0. The summed E-state index contributed by atoms with van der Waals surface area (Å²) in [6.07, 6.45) is -4.44. The molecule has 84 valence electrons. The third-order valence-electron chi connectivity index (χ3n) is 1.69. The van der Waals surface area contributed by atoms with Crippen molar-refractivity contribution in [3.63, 3.8) is 0 Å². The largest absolute Gasteiger partial charge is 0.417 e. The van der Waals surface area contributed by atoms with Gasteiger partial charge in [0, 0.05) is 12.8 Å². The maximum absolute atomic E-state index is 12.4. The van der Waals surface area contributed by atoms with Crippen molar-refractivity contribution in [2.24, 2.45) is 0 Å². The highest BCUT2D eigenvalue weighted by Crippen LogP contribution is 2.36. The second-order valence-electron chi connectivity index (χ2n) is 2.80. The average molecular weight is 240 g/mol. The van der Waals surface area contributed by atoms with Crippen LogP contribution >= 0.6 is 11.6 Å². The molecule has 0 aromatic heterocycles. The molecule has 0 bridgehead atoms. The summed E-state index contributed by atoms with van der Waals surface area (Å²) < 4.78 is 41.9. The van der Waals surface area contributed by atoms with E-state index in [9.17, 15) is 13.2 Å². The van der Waals surface area contributed by atoms with Gasteiger partial charge in [0.15, 0.2) is 0 Å². The van der Waals surface area contributed by atoms with E-state index in [-0.39, 0.29) is 11.8 Å².